The van der Waals surface area contributed by atoms with Crippen LogP contribution in [0.2, 0.25) is 0 Å². The molecule has 0 saturated heterocycles. The van der Waals surface area contributed by atoms with Crippen molar-refractivity contribution in [2.45, 2.75) is 27.2 Å². The van der Waals surface area contributed by atoms with E-state index >= 15 is 0 Å². The first-order valence-electron chi connectivity index (χ1n) is 3.55. The molecule has 0 rings (SSSR count). The van der Waals surface area contributed by atoms with Crippen LogP contribution in [0.25, 0.3) is 0 Å². The van der Waals surface area contributed by atoms with Gasteiger partial charge in [-0.2, -0.15) is 0 Å². The van der Waals surface area contributed by atoms with Gasteiger partial charge in [-0.1, -0.05) is 20.8 Å². The van der Waals surface area contributed by atoms with Crippen LogP contribution < -0.4 is 0 Å². The summed E-state index contributed by atoms with van der Waals surface area (Å²) in [4.78, 5) is 0. The molecule has 0 atom stereocenters. The highest BCUT2D eigenvalue weighted by Gasteiger charge is 1.81. The van der Waals surface area contributed by atoms with Crippen LogP contribution in [0.5, 0.6) is 0 Å². The Balaban J connectivity index is 3.04. The minimum Gasteiger partial charge on any atom is -0.502 e. The second-order valence-electron chi connectivity index (χ2n) is 2.44. The second-order valence-corrected chi connectivity index (χ2v) is 2.44. The quantitative estimate of drug-likeness (QED) is 0.417. The van der Waals surface area contributed by atoms with Crippen LogP contribution in [0.15, 0.2) is 12.3 Å². The third kappa shape index (κ3) is 7.54. The Kier molecular flexibility index (Phi) is 5.38. The molecule has 0 aromatic carbocycles. The lowest BCUT2D eigenvalue weighted by Gasteiger charge is -1.96. The molecule has 0 radical (unpaired) electrons. The number of hydrogen-bond donors (Lipinski definition) is 0. The van der Waals surface area contributed by atoms with Crippen LogP contribution >= 0.6 is 0 Å². The Morgan fingerprint density at radius 3 is 2.56 bits per heavy atom. The van der Waals surface area contributed by atoms with E-state index in [1.54, 1.807) is 6.26 Å². The molecule has 0 aromatic rings. The summed E-state index contributed by atoms with van der Waals surface area (Å²) in [6, 6.07) is 0. The molecule has 54 valence electrons. The van der Waals surface area contributed by atoms with Crippen LogP contribution in [0.1, 0.15) is 27.2 Å². The van der Waals surface area contributed by atoms with Crippen LogP contribution in [-0.2, 0) is 4.74 Å². The molecular formula is C8H16O. The maximum atomic E-state index is 5.11. The van der Waals surface area contributed by atoms with Crippen molar-refractivity contribution in [1.82, 2.24) is 0 Å². The highest BCUT2D eigenvalue weighted by molar-refractivity contribution is 4.76. The predicted octanol–water partition coefficient (Wildman–Crippen LogP) is 2.58. The maximum absolute atomic E-state index is 5.11. The Labute approximate surface area is 57.7 Å². The standard InChI is InChI=1S/C8H16O/c1-4-6-9-7-5-8(2)3/h5,7-8H,4,6H2,1-3H3/b7-5+. The molecule has 0 N–H and O–H groups in total. The van der Waals surface area contributed by atoms with Gasteiger partial charge in [0.15, 0.2) is 0 Å². The molecule has 0 amide bonds. The van der Waals surface area contributed by atoms with Crippen molar-refractivity contribution in [1.29, 1.82) is 0 Å². The second kappa shape index (κ2) is 5.67. The number of hydrogen-bond acceptors (Lipinski definition) is 1. The molecule has 0 heterocycles. The van der Waals surface area contributed by atoms with Crippen molar-refractivity contribution >= 4 is 0 Å². The van der Waals surface area contributed by atoms with Gasteiger partial charge in [0, 0.05) is 0 Å². The van der Waals surface area contributed by atoms with Crippen molar-refractivity contribution in [2.75, 3.05) is 6.61 Å². The van der Waals surface area contributed by atoms with Crippen molar-refractivity contribution in [2.24, 2.45) is 5.92 Å². The normalized spacial score (nSPS) is 11.1. The Morgan fingerprint density at radius 2 is 2.11 bits per heavy atom. The number of rotatable bonds is 4. The predicted molar refractivity (Wildman–Crippen MR) is 40.2 cm³/mol. The average molecular weight is 128 g/mol. The fourth-order valence-electron chi connectivity index (χ4n) is 0.399. The van der Waals surface area contributed by atoms with Crippen molar-refractivity contribution in [3.8, 4) is 0 Å². The minimum atomic E-state index is 0.599. The summed E-state index contributed by atoms with van der Waals surface area (Å²) in [6.45, 7) is 7.20. The van der Waals surface area contributed by atoms with E-state index in [1.807, 2.05) is 0 Å². The molecule has 0 unspecified atom stereocenters. The van der Waals surface area contributed by atoms with E-state index in [0.717, 1.165) is 13.0 Å². The largest absolute Gasteiger partial charge is 0.502 e. The third-order valence-electron chi connectivity index (χ3n) is 0.882. The summed E-state index contributed by atoms with van der Waals surface area (Å²) in [5, 5.41) is 0. The van der Waals surface area contributed by atoms with Crippen molar-refractivity contribution in [3.05, 3.63) is 12.3 Å². The molecule has 0 fully saturated rings. The summed E-state index contributed by atoms with van der Waals surface area (Å²) in [5.74, 6) is 0.599. The summed E-state index contributed by atoms with van der Waals surface area (Å²) >= 11 is 0. The molecule has 0 aliphatic heterocycles. The lowest BCUT2D eigenvalue weighted by molar-refractivity contribution is 0.248. The maximum Gasteiger partial charge on any atom is 0.0870 e. The molecule has 9 heavy (non-hydrogen) atoms. The molecule has 0 aliphatic rings. The van der Waals surface area contributed by atoms with Crippen LogP contribution in [0.4, 0.5) is 0 Å². The van der Waals surface area contributed by atoms with E-state index in [4.69, 9.17) is 4.74 Å². The van der Waals surface area contributed by atoms with E-state index in [9.17, 15) is 0 Å². The molecule has 1 heteroatoms. The zero-order valence-corrected chi connectivity index (χ0v) is 6.55. The van der Waals surface area contributed by atoms with Gasteiger partial charge in [-0.15, -0.1) is 0 Å². The topological polar surface area (TPSA) is 9.23 Å². The molecule has 0 aliphatic carbocycles. The number of allylic oxidation sites excluding steroid dienone is 1. The monoisotopic (exact) mass is 128 g/mol. The zero-order valence-electron chi connectivity index (χ0n) is 6.55. The minimum absolute atomic E-state index is 0.599. The van der Waals surface area contributed by atoms with Crippen molar-refractivity contribution < 1.29 is 4.74 Å². The van der Waals surface area contributed by atoms with E-state index in [0.29, 0.717) is 5.92 Å². The van der Waals surface area contributed by atoms with Gasteiger partial charge in [0.1, 0.15) is 0 Å². The third-order valence-corrected chi connectivity index (χ3v) is 0.882. The van der Waals surface area contributed by atoms with Crippen LogP contribution in [-0.4, -0.2) is 6.61 Å². The molecule has 0 spiro atoms. The van der Waals surface area contributed by atoms with Gasteiger partial charge in [-0.25, -0.2) is 0 Å². The first-order valence-corrected chi connectivity index (χ1v) is 3.55. The molecule has 0 bridgehead atoms. The van der Waals surface area contributed by atoms with Gasteiger partial charge < -0.3 is 4.74 Å². The summed E-state index contributed by atoms with van der Waals surface area (Å²) in [6.07, 6.45) is 4.92. The summed E-state index contributed by atoms with van der Waals surface area (Å²) in [7, 11) is 0. The van der Waals surface area contributed by atoms with Crippen molar-refractivity contribution in [3.63, 3.8) is 0 Å². The highest BCUT2D eigenvalue weighted by Crippen LogP contribution is 1.93. The Morgan fingerprint density at radius 1 is 1.44 bits per heavy atom. The highest BCUT2D eigenvalue weighted by atomic mass is 16.5. The first-order chi connectivity index (χ1) is 4.27. The first kappa shape index (κ1) is 8.54. The SMILES string of the molecule is CCCO/C=C/C(C)C. The fraction of sp³-hybridized carbons (Fsp3) is 0.750. The Bertz CT molecular complexity index is 74.6. The van der Waals surface area contributed by atoms with Gasteiger partial charge in [-0.3, -0.25) is 0 Å². The van der Waals surface area contributed by atoms with E-state index < -0.39 is 0 Å². The molecule has 0 saturated carbocycles. The molecular weight excluding hydrogens is 112 g/mol. The fourth-order valence-corrected chi connectivity index (χ4v) is 0.399. The average Bonchev–Trinajstić information content (AvgIpc) is 1.80. The van der Waals surface area contributed by atoms with E-state index in [-0.39, 0.29) is 0 Å². The van der Waals surface area contributed by atoms with Gasteiger partial charge in [0.25, 0.3) is 0 Å². The van der Waals surface area contributed by atoms with Gasteiger partial charge in [-0.05, 0) is 18.4 Å². The lowest BCUT2D eigenvalue weighted by Crippen LogP contribution is -1.84. The van der Waals surface area contributed by atoms with Gasteiger partial charge in [0.05, 0.1) is 12.9 Å². The molecule has 1 nitrogen and oxygen atoms in total. The summed E-state index contributed by atoms with van der Waals surface area (Å²) in [5.41, 5.74) is 0. The Hall–Kier alpha value is -0.460. The molecule has 0 aromatic heterocycles. The van der Waals surface area contributed by atoms with Gasteiger partial charge in [0.2, 0.25) is 0 Å². The van der Waals surface area contributed by atoms with E-state index in [1.165, 1.54) is 0 Å². The summed E-state index contributed by atoms with van der Waals surface area (Å²) < 4.78 is 5.11. The zero-order chi connectivity index (χ0) is 7.11. The number of ether oxygens (including phenoxy) is 1. The van der Waals surface area contributed by atoms with E-state index in [2.05, 4.69) is 26.8 Å². The van der Waals surface area contributed by atoms with Crippen LogP contribution in [0.3, 0.4) is 0 Å². The van der Waals surface area contributed by atoms with Crippen LogP contribution in [0, 0.1) is 5.92 Å². The van der Waals surface area contributed by atoms with Gasteiger partial charge >= 0.3 is 0 Å². The lowest BCUT2D eigenvalue weighted by atomic mass is 10.2. The smallest absolute Gasteiger partial charge is 0.0870 e.